The molecular formula is C57H70BN9O9. The molecule has 2 aromatic heterocycles. The lowest BCUT2D eigenvalue weighted by atomic mass is 9.73. The zero-order chi connectivity index (χ0) is 54.6. The van der Waals surface area contributed by atoms with Gasteiger partial charge in [0.05, 0.1) is 28.9 Å². The van der Waals surface area contributed by atoms with Crippen LogP contribution in [0, 0.1) is 5.92 Å². The van der Waals surface area contributed by atoms with Crippen molar-refractivity contribution in [1.29, 1.82) is 0 Å². The van der Waals surface area contributed by atoms with Crippen LogP contribution in [0.3, 0.4) is 0 Å². The highest BCUT2D eigenvalue weighted by molar-refractivity contribution is 6.48. The van der Waals surface area contributed by atoms with E-state index in [-0.39, 0.29) is 58.9 Å². The number of benzene rings is 4. The Morgan fingerprint density at radius 2 is 1.46 bits per heavy atom. The van der Waals surface area contributed by atoms with Crippen LogP contribution in [-0.4, -0.2) is 102 Å². The Morgan fingerprint density at radius 1 is 0.763 bits per heavy atom. The third-order valence-corrected chi connectivity index (χ3v) is 13.7. The van der Waals surface area contributed by atoms with Crippen molar-refractivity contribution in [2.24, 2.45) is 5.92 Å². The van der Waals surface area contributed by atoms with E-state index in [1.54, 1.807) is 66.1 Å². The topological polar surface area (TPSA) is 241 Å². The summed E-state index contributed by atoms with van der Waals surface area (Å²) in [7, 11) is -0.715. The maximum Gasteiger partial charge on any atom is 0.481 e. The maximum atomic E-state index is 14.1. The molecule has 4 amide bonds. The standard InChI is InChI=1S/C57H70BN9O9/c1-9-60-55(73)51-66-65-50(44-33-43(37(4)5)47(68)34-48(44)69)67(51)40-21-25-42(26-22-40)74-41-23-19-39(20-24-41)52(70)62-28-16-11-10-15-27-57(8)56(6,7)75-58(76-57)49(31-36(2)3)64-53(71)45(32-38-17-13-12-14-18-38)63-54(72)46-35-59-29-30-61-46/h12-14,17-26,29-30,33-37,45,49,68-69H,9-11,15-16,27-28,31-32H2,1-8H3,(H,60,73)(H,62,70)(H,63,72)(H,64,71)/t45-,49-,57?/m0/s1. The number of ether oxygens (including phenoxy) is 1. The van der Waals surface area contributed by atoms with Crippen LogP contribution < -0.4 is 26.0 Å². The Hall–Kier alpha value is -7.64. The summed E-state index contributed by atoms with van der Waals surface area (Å²) in [5, 5.41) is 41.6. The number of hydrogen-bond donors (Lipinski definition) is 6. The smallest absolute Gasteiger partial charge is 0.481 e. The second-order valence-corrected chi connectivity index (χ2v) is 20.6. The van der Waals surface area contributed by atoms with Gasteiger partial charge in [0.1, 0.15) is 34.7 Å². The molecule has 0 spiro atoms. The fraction of sp³-hybridized carbons (Fsp3) is 0.404. The predicted molar refractivity (Wildman–Crippen MR) is 289 cm³/mol. The second-order valence-electron chi connectivity index (χ2n) is 20.6. The zero-order valence-corrected chi connectivity index (χ0v) is 44.6. The molecule has 7 rings (SSSR count). The molecule has 76 heavy (non-hydrogen) atoms. The van der Waals surface area contributed by atoms with Crippen LogP contribution in [0.5, 0.6) is 23.0 Å². The Balaban J connectivity index is 0.883. The third-order valence-electron chi connectivity index (χ3n) is 13.7. The average Bonchev–Trinajstić information content (AvgIpc) is 3.95. The summed E-state index contributed by atoms with van der Waals surface area (Å²) in [4.78, 5) is 61.6. The fourth-order valence-electron chi connectivity index (χ4n) is 9.14. The van der Waals surface area contributed by atoms with Gasteiger partial charge in [-0.15, -0.1) is 10.2 Å². The highest BCUT2D eigenvalue weighted by Gasteiger charge is 2.56. The molecule has 1 fully saturated rings. The van der Waals surface area contributed by atoms with Gasteiger partial charge in [-0.25, -0.2) is 4.98 Å². The largest absolute Gasteiger partial charge is 0.508 e. The minimum Gasteiger partial charge on any atom is -0.508 e. The monoisotopic (exact) mass is 1040 g/mol. The van der Waals surface area contributed by atoms with Crippen molar-refractivity contribution in [3.05, 3.63) is 138 Å². The van der Waals surface area contributed by atoms with Gasteiger partial charge in [0.25, 0.3) is 17.7 Å². The van der Waals surface area contributed by atoms with Gasteiger partial charge in [0, 0.05) is 49.2 Å². The van der Waals surface area contributed by atoms with Crippen LogP contribution in [0.25, 0.3) is 17.1 Å². The maximum absolute atomic E-state index is 14.1. The summed E-state index contributed by atoms with van der Waals surface area (Å²) in [6, 6.07) is 25.3. The van der Waals surface area contributed by atoms with Crippen LogP contribution in [0.4, 0.5) is 0 Å². The highest BCUT2D eigenvalue weighted by atomic mass is 16.7. The lowest BCUT2D eigenvalue weighted by Crippen LogP contribution is -2.55. The minimum atomic E-state index is -0.895. The van der Waals surface area contributed by atoms with Gasteiger partial charge in [0.2, 0.25) is 11.7 Å². The van der Waals surface area contributed by atoms with E-state index in [0.717, 1.165) is 37.7 Å². The lowest BCUT2D eigenvalue weighted by Gasteiger charge is -2.36. The molecule has 18 nitrogen and oxygen atoms in total. The number of rotatable bonds is 24. The van der Waals surface area contributed by atoms with E-state index in [1.807, 2.05) is 58.0 Å². The Kier molecular flexibility index (Phi) is 18.7. The number of carbonyl (C=O) groups excluding carboxylic acids is 4. The first kappa shape index (κ1) is 56.1. The molecule has 4 aromatic carbocycles. The minimum absolute atomic E-state index is 0.0173. The summed E-state index contributed by atoms with van der Waals surface area (Å²) >= 11 is 0. The van der Waals surface area contributed by atoms with E-state index < -0.39 is 42.1 Å². The van der Waals surface area contributed by atoms with Crippen LogP contribution in [0.15, 0.2) is 110 Å². The van der Waals surface area contributed by atoms with E-state index in [9.17, 15) is 29.4 Å². The molecule has 1 unspecified atom stereocenters. The van der Waals surface area contributed by atoms with Crippen LogP contribution in [-0.2, 0) is 20.5 Å². The molecule has 1 aliphatic rings. The van der Waals surface area contributed by atoms with Crippen LogP contribution in [0.1, 0.15) is 142 Å². The molecule has 0 aliphatic carbocycles. The first-order valence-corrected chi connectivity index (χ1v) is 26.1. The predicted octanol–water partition coefficient (Wildman–Crippen LogP) is 8.66. The van der Waals surface area contributed by atoms with Crippen molar-refractivity contribution in [3.8, 4) is 40.1 Å². The van der Waals surface area contributed by atoms with Crippen molar-refractivity contribution < 1.29 is 43.4 Å². The van der Waals surface area contributed by atoms with E-state index in [0.29, 0.717) is 53.4 Å². The van der Waals surface area contributed by atoms with Crippen LogP contribution >= 0.6 is 0 Å². The first-order chi connectivity index (χ1) is 36.4. The molecule has 400 valence electrons. The Labute approximate surface area is 444 Å². The summed E-state index contributed by atoms with van der Waals surface area (Å²) in [5.74, 6) is -0.831. The number of unbranched alkanes of at least 4 members (excludes halogenated alkanes) is 3. The van der Waals surface area contributed by atoms with Gasteiger partial charge in [0.15, 0.2) is 5.82 Å². The molecule has 0 bridgehead atoms. The number of nitrogens with zero attached hydrogens (tertiary/aromatic N) is 5. The number of nitrogens with one attached hydrogen (secondary N) is 4. The average molecular weight is 1040 g/mol. The number of phenols is 2. The molecule has 19 heteroatoms. The zero-order valence-electron chi connectivity index (χ0n) is 44.6. The molecule has 6 aromatic rings. The Bertz CT molecular complexity index is 2920. The summed E-state index contributed by atoms with van der Waals surface area (Å²) in [5.41, 5.74) is 1.63. The number of aromatic nitrogens is 5. The SMILES string of the molecule is CCNC(=O)c1nnc(-c2cc(C(C)C)c(O)cc2O)n1-c1ccc(Oc2ccc(C(=O)NCCCCCCC3(C)OB([C@H](CC(C)C)NC(=O)[C@H](Cc4ccccc4)NC(=O)c4cnccn4)OC3(C)C)cc2)cc1. The van der Waals surface area contributed by atoms with E-state index in [1.165, 1.54) is 24.7 Å². The molecular weight excluding hydrogens is 965 g/mol. The molecule has 3 heterocycles. The van der Waals surface area contributed by atoms with Gasteiger partial charge in [-0.1, -0.05) is 77.3 Å². The molecule has 0 saturated carbocycles. The Morgan fingerprint density at radius 3 is 2.12 bits per heavy atom. The van der Waals surface area contributed by atoms with Crippen molar-refractivity contribution >= 4 is 30.7 Å². The van der Waals surface area contributed by atoms with E-state index in [4.69, 9.17) is 14.0 Å². The van der Waals surface area contributed by atoms with Gasteiger partial charge < -0.3 is 45.5 Å². The van der Waals surface area contributed by atoms with Crippen molar-refractivity contribution in [3.63, 3.8) is 0 Å². The first-order valence-electron chi connectivity index (χ1n) is 26.1. The van der Waals surface area contributed by atoms with Crippen molar-refractivity contribution in [2.75, 3.05) is 13.1 Å². The highest BCUT2D eigenvalue weighted by Crippen LogP contribution is 2.43. The number of phenolic OH excluding ortho intramolecular Hbond substituents is 2. The third kappa shape index (κ3) is 14.0. The lowest BCUT2D eigenvalue weighted by molar-refractivity contribution is -0.123. The second kappa shape index (κ2) is 25.3. The number of amides is 4. The molecule has 0 radical (unpaired) electrons. The van der Waals surface area contributed by atoms with Crippen LogP contribution in [0.2, 0.25) is 0 Å². The van der Waals surface area contributed by atoms with Crippen molar-refractivity contribution in [2.45, 2.75) is 129 Å². The van der Waals surface area contributed by atoms with Gasteiger partial charge in [-0.2, -0.15) is 0 Å². The number of carbonyl (C=O) groups is 4. The summed E-state index contributed by atoms with van der Waals surface area (Å²) < 4.78 is 21.0. The normalized spacial score (nSPS) is 15.8. The summed E-state index contributed by atoms with van der Waals surface area (Å²) in [6.45, 7) is 16.8. The fourth-order valence-corrected chi connectivity index (χ4v) is 9.14. The molecule has 3 atom stereocenters. The molecule has 1 aliphatic heterocycles. The van der Waals surface area contributed by atoms with E-state index >= 15 is 0 Å². The number of aromatic hydroxyl groups is 2. The van der Waals surface area contributed by atoms with Gasteiger partial charge >= 0.3 is 7.12 Å². The quantitative estimate of drug-likeness (QED) is 0.0246. The van der Waals surface area contributed by atoms with Gasteiger partial charge in [-0.05, 0) is 125 Å². The number of hydrogen-bond acceptors (Lipinski definition) is 13. The summed E-state index contributed by atoms with van der Waals surface area (Å²) in [6.07, 6.45) is 9.33. The van der Waals surface area contributed by atoms with Gasteiger partial charge in [-0.3, -0.25) is 28.7 Å². The van der Waals surface area contributed by atoms with E-state index in [2.05, 4.69) is 62.2 Å². The molecule has 6 N–H and O–H groups in total. The molecule has 1 saturated heterocycles. The van der Waals surface area contributed by atoms with Crippen molar-refractivity contribution in [1.82, 2.24) is 46.0 Å².